The molecule has 0 bridgehead atoms. The minimum atomic E-state index is -4.64. The number of methoxy groups -OCH3 is 1. The normalized spacial score (nSPS) is 14.0. The van der Waals surface area contributed by atoms with Gasteiger partial charge >= 0.3 is 12.2 Å². The summed E-state index contributed by atoms with van der Waals surface area (Å²) in [6, 6.07) is 7.32. The molecule has 3 amide bonds. The second-order valence-electron chi connectivity index (χ2n) is 7.66. The van der Waals surface area contributed by atoms with E-state index in [0.717, 1.165) is 27.7 Å². The number of hydrazine groups is 1. The number of hydrogen-bond acceptors (Lipinski definition) is 5. The molecule has 12 heteroatoms. The lowest BCUT2D eigenvalue weighted by atomic mass is 10.1. The lowest BCUT2D eigenvalue weighted by Gasteiger charge is -2.32. The number of aromatic nitrogens is 3. The highest BCUT2D eigenvalue weighted by molar-refractivity contribution is 5.98. The number of hydrogen-bond donors (Lipinski definition) is 1. The van der Waals surface area contributed by atoms with Gasteiger partial charge in [-0.2, -0.15) is 13.2 Å². The number of carbonyl (C=O) groups is 2. The van der Waals surface area contributed by atoms with Crippen molar-refractivity contribution < 1.29 is 27.5 Å². The van der Waals surface area contributed by atoms with Crippen LogP contribution in [0.4, 0.5) is 23.7 Å². The zero-order valence-electron chi connectivity index (χ0n) is 19.2. The van der Waals surface area contributed by atoms with Crippen LogP contribution in [0.25, 0.3) is 11.8 Å². The lowest BCUT2D eigenvalue weighted by molar-refractivity contribution is -0.137. The van der Waals surface area contributed by atoms with Crippen LogP contribution in [0.2, 0.25) is 0 Å². The molecule has 2 aromatic heterocycles. The molecule has 0 unspecified atom stereocenters. The number of imidazole rings is 1. The van der Waals surface area contributed by atoms with Crippen LogP contribution in [0.1, 0.15) is 17.0 Å². The predicted molar refractivity (Wildman–Crippen MR) is 125 cm³/mol. The van der Waals surface area contributed by atoms with Crippen molar-refractivity contribution >= 4 is 23.7 Å². The topological polar surface area (TPSA) is 92.6 Å². The Kier molecular flexibility index (Phi) is 6.77. The molecular formula is C24H21F3N6O3. The quantitative estimate of drug-likeness (QED) is 0.517. The number of para-hydroxylation sites is 1. The van der Waals surface area contributed by atoms with Crippen molar-refractivity contribution in [1.29, 1.82) is 0 Å². The first-order valence-electron chi connectivity index (χ1n) is 10.7. The zero-order chi connectivity index (χ0) is 25.9. The Bertz CT molecular complexity index is 1350. The van der Waals surface area contributed by atoms with Crippen LogP contribution in [-0.4, -0.2) is 45.1 Å². The Morgan fingerprint density at radius 2 is 1.94 bits per heavy atom. The molecule has 186 valence electrons. The maximum atomic E-state index is 13.4. The van der Waals surface area contributed by atoms with Crippen molar-refractivity contribution in [3.63, 3.8) is 0 Å². The number of alkyl halides is 3. The Morgan fingerprint density at radius 3 is 2.64 bits per heavy atom. The van der Waals surface area contributed by atoms with Crippen LogP contribution in [-0.2, 0) is 11.0 Å². The summed E-state index contributed by atoms with van der Waals surface area (Å²) in [5.74, 6) is -0.378. The van der Waals surface area contributed by atoms with E-state index in [2.05, 4.69) is 15.4 Å². The molecule has 0 fully saturated rings. The van der Waals surface area contributed by atoms with E-state index in [1.165, 1.54) is 43.7 Å². The van der Waals surface area contributed by atoms with Crippen LogP contribution in [0.15, 0.2) is 67.3 Å². The third-order valence-corrected chi connectivity index (χ3v) is 5.16. The highest BCUT2D eigenvalue weighted by Crippen LogP contribution is 2.37. The smallest absolute Gasteiger partial charge is 0.418 e. The summed E-state index contributed by atoms with van der Waals surface area (Å²) in [7, 11) is 1.47. The van der Waals surface area contributed by atoms with Gasteiger partial charge in [-0.05, 0) is 43.3 Å². The van der Waals surface area contributed by atoms with Gasteiger partial charge in [-0.25, -0.2) is 19.8 Å². The summed E-state index contributed by atoms with van der Waals surface area (Å²) in [4.78, 5) is 34.7. The lowest BCUT2D eigenvalue weighted by Crippen LogP contribution is -2.51. The van der Waals surface area contributed by atoms with E-state index in [4.69, 9.17) is 4.74 Å². The van der Waals surface area contributed by atoms with Gasteiger partial charge in [0.05, 0.1) is 36.1 Å². The van der Waals surface area contributed by atoms with Crippen molar-refractivity contribution in [3.05, 3.63) is 84.2 Å². The van der Waals surface area contributed by atoms with E-state index < -0.39 is 23.7 Å². The minimum absolute atomic E-state index is 0.0827. The number of nitrogens with zero attached hydrogens (tertiary/aromatic N) is 5. The Labute approximate surface area is 204 Å². The molecule has 3 heterocycles. The summed E-state index contributed by atoms with van der Waals surface area (Å²) in [5.41, 5.74) is 2.97. The van der Waals surface area contributed by atoms with Crippen LogP contribution >= 0.6 is 0 Å². The van der Waals surface area contributed by atoms with Gasteiger partial charge in [0.1, 0.15) is 5.69 Å². The monoisotopic (exact) mass is 498 g/mol. The van der Waals surface area contributed by atoms with Crippen LogP contribution in [0, 0.1) is 6.92 Å². The number of urea groups is 1. The number of nitrogens with one attached hydrogen (secondary N) is 1. The van der Waals surface area contributed by atoms with E-state index in [1.807, 2.05) is 13.1 Å². The molecule has 0 saturated heterocycles. The molecule has 3 aromatic rings. The number of benzene rings is 1. The van der Waals surface area contributed by atoms with Gasteiger partial charge in [-0.1, -0.05) is 12.1 Å². The number of pyridine rings is 1. The fourth-order valence-corrected chi connectivity index (χ4v) is 3.52. The van der Waals surface area contributed by atoms with E-state index in [1.54, 1.807) is 23.0 Å². The number of anilines is 1. The van der Waals surface area contributed by atoms with E-state index in [9.17, 15) is 22.8 Å². The van der Waals surface area contributed by atoms with Crippen molar-refractivity contribution in [3.8, 4) is 11.6 Å². The van der Waals surface area contributed by atoms with Gasteiger partial charge in [0.15, 0.2) is 0 Å². The maximum absolute atomic E-state index is 13.4. The summed E-state index contributed by atoms with van der Waals surface area (Å²) in [5, 5.41) is 0.821. The molecule has 0 saturated carbocycles. The predicted octanol–water partition coefficient (Wildman–Crippen LogP) is 4.10. The third kappa shape index (κ3) is 5.22. The molecule has 4 rings (SSSR count). The summed E-state index contributed by atoms with van der Waals surface area (Å²) < 4.78 is 47.3. The van der Waals surface area contributed by atoms with Crippen molar-refractivity contribution in [1.82, 2.24) is 25.0 Å². The van der Waals surface area contributed by atoms with Crippen molar-refractivity contribution in [2.45, 2.75) is 13.1 Å². The first-order chi connectivity index (χ1) is 17.2. The van der Waals surface area contributed by atoms with Crippen LogP contribution in [0.5, 0.6) is 5.88 Å². The second-order valence-corrected chi connectivity index (χ2v) is 7.66. The average molecular weight is 498 g/mol. The number of rotatable bonds is 6. The molecular weight excluding hydrogens is 477 g/mol. The third-order valence-electron chi connectivity index (χ3n) is 5.16. The molecule has 0 aliphatic carbocycles. The molecule has 0 spiro atoms. The van der Waals surface area contributed by atoms with Gasteiger partial charge in [-0.3, -0.25) is 15.1 Å². The highest BCUT2D eigenvalue weighted by Gasteiger charge is 2.37. The highest BCUT2D eigenvalue weighted by atomic mass is 19.4. The summed E-state index contributed by atoms with van der Waals surface area (Å²) in [6.07, 6.45) is 4.09. The minimum Gasteiger partial charge on any atom is -0.479 e. The second kappa shape index (κ2) is 9.94. The SMILES string of the molecule is COc1nc(C=CC(=O)NN2C=CCN(c3ccccc3C(F)(F)F)C2=O)ccc1-n1cnc(C)c1. The Hall–Kier alpha value is -4.61. The molecule has 1 aliphatic rings. The molecule has 1 aliphatic heterocycles. The number of amides is 3. The number of halogens is 3. The number of aryl methyl sites for hydroxylation is 1. The molecule has 9 nitrogen and oxygen atoms in total. The Balaban J connectivity index is 1.47. The molecule has 0 atom stereocenters. The number of ether oxygens (including phenoxy) is 1. The molecule has 0 radical (unpaired) electrons. The van der Waals surface area contributed by atoms with Gasteiger partial charge in [0, 0.05) is 25.0 Å². The van der Waals surface area contributed by atoms with Crippen molar-refractivity contribution in [2.24, 2.45) is 0 Å². The fraction of sp³-hybridized carbons (Fsp3) is 0.167. The van der Waals surface area contributed by atoms with Gasteiger partial charge in [0.2, 0.25) is 5.88 Å². The standard InChI is InChI=1S/C24H21F3N6O3/c1-16-14-31(15-28-16)20-10-8-17(29-22(20)36-2)9-11-21(34)30-33-13-5-12-32(23(33)35)19-7-4-3-6-18(19)24(25,26)27/h3-11,13-15H,12H2,1-2H3,(H,30,34). The van der Waals surface area contributed by atoms with Gasteiger partial charge in [-0.15, -0.1) is 0 Å². The average Bonchev–Trinajstić information content (AvgIpc) is 3.29. The van der Waals surface area contributed by atoms with E-state index >= 15 is 0 Å². The first kappa shape index (κ1) is 24.5. The maximum Gasteiger partial charge on any atom is 0.418 e. The van der Waals surface area contributed by atoms with Gasteiger partial charge in [0.25, 0.3) is 5.91 Å². The van der Waals surface area contributed by atoms with Crippen LogP contribution in [0.3, 0.4) is 0 Å². The molecule has 36 heavy (non-hydrogen) atoms. The van der Waals surface area contributed by atoms with E-state index in [0.29, 0.717) is 17.3 Å². The Morgan fingerprint density at radius 1 is 1.17 bits per heavy atom. The first-order valence-corrected chi connectivity index (χ1v) is 10.7. The largest absolute Gasteiger partial charge is 0.479 e. The summed E-state index contributed by atoms with van der Waals surface area (Å²) >= 11 is 0. The fourth-order valence-electron chi connectivity index (χ4n) is 3.52. The zero-order valence-corrected chi connectivity index (χ0v) is 19.2. The number of carbonyl (C=O) groups excluding carboxylic acids is 2. The van der Waals surface area contributed by atoms with E-state index in [-0.39, 0.29) is 12.2 Å². The van der Waals surface area contributed by atoms with Crippen molar-refractivity contribution in [2.75, 3.05) is 18.6 Å². The summed E-state index contributed by atoms with van der Waals surface area (Å²) in [6.45, 7) is 1.77. The van der Waals surface area contributed by atoms with Gasteiger partial charge < -0.3 is 9.30 Å². The van der Waals surface area contributed by atoms with Crippen LogP contribution < -0.4 is 15.1 Å². The molecule has 1 N–H and O–H groups in total. The molecule has 1 aromatic carbocycles.